The predicted octanol–water partition coefficient (Wildman–Crippen LogP) is 12.8. The van der Waals surface area contributed by atoms with Crippen LogP contribution < -0.4 is 0 Å². The summed E-state index contributed by atoms with van der Waals surface area (Å²) >= 11 is 0. The van der Waals surface area contributed by atoms with Crippen LogP contribution in [0.15, 0.2) is 188 Å². The highest BCUT2D eigenvalue weighted by Crippen LogP contribution is 2.45. The van der Waals surface area contributed by atoms with Gasteiger partial charge < -0.3 is 0 Å². The Balaban J connectivity index is 1.17. The van der Waals surface area contributed by atoms with Gasteiger partial charge in [-0.2, -0.15) is 0 Å². The molecule has 0 saturated heterocycles. The molecule has 0 radical (unpaired) electrons. The molecule has 0 amide bonds. The van der Waals surface area contributed by atoms with E-state index in [0.29, 0.717) is 17.5 Å². The monoisotopic (exact) mass is 661 g/mol. The normalized spacial score (nSPS) is 11.5. The average molecular weight is 662 g/mol. The second-order valence-electron chi connectivity index (χ2n) is 13.2. The van der Waals surface area contributed by atoms with Crippen molar-refractivity contribution in [3.63, 3.8) is 0 Å². The first-order valence-electron chi connectivity index (χ1n) is 17.6. The first-order valence-corrected chi connectivity index (χ1v) is 17.6. The zero-order valence-corrected chi connectivity index (χ0v) is 28.2. The van der Waals surface area contributed by atoms with Crippen LogP contribution in [0.2, 0.25) is 0 Å². The smallest absolute Gasteiger partial charge is 0.164 e. The summed E-state index contributed by atoms with van der Waals surface area (Å²) in [6.45, 7) is 0. The number of rotatable bonds is 5. The van der Waals surface area contributed by atoms with E-state index in [4.69, 9.17) is 15.0 Å². The average Bonchev–Trinajstić information content (AvgIpc) is 3.23. The third-order valence-electron chi connectivity index (χ3n) is 10.1. The van der Waals surface area contributed by atoms with E-state index < -0.39 is 0 Å². The number of fused-ring (bicyclic) bond motifs is 6. The maximum absolute atomic E-state index is 4.99. The van der Waals surface area contributed by atoms with E-state index in [0.717, 1.165) is 22.3 Å². The van der Waals surface area contributed by atoms with Gasteiger partial charge in [-0.25, -0.2) is 15.0 Å². The van der Waals surface area contributed by atoms with E-state index in [9.17, 15) is 0 Å². The summed E-state index contributed by atoms with van der Waals surface area (Å²) in [6, 6.07) is 66.6. The van der Waals surface area contributed by atoms with Gasteiger partial charge in [0, 0.05) is 16.7 Å². The lowest BCUT2D eigenvalue weighted by Crippen LogP contribution is -2.00. The quantitative estimate of drug-likeness (QED) is 0.172. The summed E-state index contributed by atoms with van der Waals surface area (Å²) in [5.74, 6) is 1.95. The summed E-state index contributed by atoms with van der Waals surface area (Å²) < 4.78 is 0. The van der Waals surface area contributed by atoms with Crippen molar-refractivity contribution in [1.82, 2.24) is 15.0 Å². The number of hydrogen-bond donors (Lipinski definition) is 0. The van der Waals surface area contributed by atoms with Gasteiger partial charge in [0.1, 0.15) is 0 Å². The summed E-state index contributed by atoms with van der Waals surface area (Å²) in [4.78, 5) is 14.9. The lowest BCUT2D eigenvalue weighted by Gasteiger charge is -2.19. The van der Waals surface area contributed by atoms with Crippen molar-refractivity contribution < 1.29 is 0 Å². The van der Waals surface area contributed by atoms with Crippen molar-refractivity contribution in [2.24, 2.45) is 0 Å². The van der Waals surface area contributed by atoms with Crippen LogP contribution in [0.1, 0.15) is 0 Å². The first-order chi connectivity index (χ1) is 25.8. The first kappa shape index (κ1) is 29.9. The lowest BCUT2D eigenvalue weighted by atomic mass is 9.84. The van der Waals surface area contributed by atoms with E-state index in [2.05, 4.69) is 127 Å². The molecule has 3 heteroatoms. The fraction of sp³-hybridized carbons (Fsp3) is 0. The second kappa shape index (κ2) is 12.4. The van der Waals surface area contributed by atoms with Gasteiger partial charge in [0.25, 0.3) is 0 Å². The molecule has 10 aromatic rings. The Hall–Kier alpha value is -6.97. The summed E-state index contributed by atoms with van der Waals surface area (Å²) in [6.07, 6.45) is 0. The predicted molar refractivity (Wildman–Crippen MR) is 217 cm³/mol. The van der Waals surface area contributed by atoms with Crippen molar-refractivity contribution >= 4 is 43.1 Å². The van der Waals surface area contributed by atoms with E-state index in [1.165, 1.54) is 59.8 Å². The molecule has 0 atom stereocenters. The van der Waals surface area contributed by atoms with E-state index in [1.54, 1.807) is 0 Å². The molecule has 0 spiro atoms. The van der Waals surface area contributed by atoms with Gasteiger partial charge in [0.2, 0.25) is 0 Å². The van der Waals surface area contributed by atoms with Crippen LogP contribution in [-0.2, 0) is 0 Å². The molecule has 0 aliphatic heterocycles. The molecule has 0 unspecified atom stereocenters. The fourth-order valence-electron chi connectivity index (χ4n) is 7.63. The fourth-order valence-corrected chi connectivity index (χ4v) is 7.63. The highest BCUT2D eigenvalue weighted by atomic mass is 15.0. The van der Waals surface area contributed by atoms with E-state index in [1.807, 2.05) is 60.7 Å². The highest BCUT2D eigenvalue weighted by Gasteiger charge is 2.19. The molecular weight excluding hydrogens is 631 g/mol. The molecule has 52 heavy (non-hydrogen) atoms. The van der Waals surface area contributed by atoms with Crippen molar-refractivity contribution in [1.29, 1.82) is 0 Å². The largest absolute Gasteiger partial charge is 0.208 e. The van der Waals surface area contributed by atoms with Crippen LogP contribution in [-0.4, -0.2) is 15.0 Å². The van der Waals surface area contributed by atoms with E-state index in [-0.39, 0.29) is 0 Å². The number of hydrogen-bond acceptors (Lipinski definition) is 3. The van der Waals surface area contributed by atoms with Crippen LogP contribution >= 0.6 is 0 Å². The van der Waals surface area contributed by atoms with Gasteiger partial charge in [-0.15, -0.1) is 0 Å². The van der Waals surface area contributed by atoms with Gasteiger partial charge in [0.05, 0.1) is 0 Å². The Bertz CT molecular complexity index is 2880. The minimum absolute atomic E-state index is 0.643. The molecular formula is C49H31N3. The summed E-state index contributed by atoms with van der Waals surface area (Å²) in [5.41, 5.74) is 7.62. The van der Waals surface area contributed by atoms with Gasteiger partial charge in [-0.3, -0.25) is 0 Å². The summed E-state index contributed by atoms with van der Waals surface area (Å²) in [7, 11) is 0. The Morgan fingerprint density at radius 1 is 0.231 bits per heavy atom. The molecule has 10 rings (SSSR count). The van der Waals surface area contributed by atoms with Crippen molar-refractivity contribution in [2.45, 2.75) is 0 Å². The Morgan fingerprint density at radius 2 is 0.615 bits per heavy atom. The lowest BCUT2D eigenvalue weighted by molar-refractivity contribution is 1.07. The Kier molecular flexibility index (Phi) is 7.14. The van der Waals surface area contributed by atoms with Crippen LogP contribution in [0.4, 0.5) is 0 Å². The zero-order valence-electron chi connectivity index (χ0n) is 28.2. The molecule has 3 nitrogen and oxygen atoms in total. The highest BCUT2D eigenvalue weighted by molar-refractivity contribution is 6.22. The molecule has 1 aromatic heterocycles. The van der Waals surface area contributed by atoms with Gasteiger partial charge in [0.15, 0.2) is 17.5 Å². The minimum Gasteiger partial charge on any atom is -0.208 e. The number of benzene rings is 9. The number of aromatic nitrogens is 3. The Labute approximate surface area is 301 Å². The molecule has 0 aliphatic rings. The zero-order chi connectivity index (χ0) is 34.4. The standard InChI is InChI=1S/C49H31N3/c1-3-14-34(15-4-1)47-50-48(35-16-5-2-6-17-35)52-49(51-47)36-26-24-33(25-27-36)45-43-21-11-9-19-41(43)42-20-10-12-22-44(42)46(45)38-29-30-40-37(31-38)28-23-32-13-7-8-18-39(32)40/h1-31H. The molecule has 0 aliphatic carbocycles. The summed E-state index contributed by atoms with van der Waals surface area (Å²) in [5, 5.41) is 9.97. The molecule has 0 fully saturated rings. The third kappa shape index (κ3) is 5.10. The molecule has 0 bridgehead atoms. The molecule has 1 heterocycles. The minimum atomic E-state index is 0.643. The van der Waals surface area contributed by atoms with Crippen molar-refractivity contribution in [3.8, 4) is 56.4 Å². The van der Waals surface area contributed by atoms with Gasteiger partial charge >= 0.3 is 0 Å². The number of nitrogens with zero attached hydrogens (tertiary/aromatic N) is 3. The van der Waals surface area contributed by atoms with Crippen LogP contribution in [0.3, 0.4) is 0 Å². The maximum Gasteiger partial charge on any atom is 0.164 e. The van der Waals surface area contributed by atoms with Crippen molar-refractivity contribution in [3.05, 3.63) is 188 Å². The van der Waals surface area contributed by atoms with Gasteiger partial charge in [-0.05, 0) is 71.4 Å². The maximum atomic E-state index is 4.99. The molecule has 242 valence electrons. The van der Waals surface area contributed by atoms with Crippen molar-refractivity contribution in [2.75, 3.05) is 0 Å². The Morgan fingerprint density at radius 3 is 1.19 bits per heavy atom. The SMILES string of the molecule is c1ccc(-c2nc(-c3ccccc3)nc(-c3ccc(-c4c(-c5ccc6c(ccc7ccccc76)c5)c5ccccc5c5ccccc45)cc3)n2)cc1. The molecule has 0 N–H and O–H groups in total. The molecule has 9 aromatic carbocycles. The van der Waals surface area contributed by atoms with Gasteiger partial charge in [-0.1, -0.05) is 182 Å². The van der Waals surface area contributed by atoms with E-state index >= 15 is 0 Å². The van der Waals surface area contributed by atoms with Crippen LogP contribution in [0.25, 0.3) is 99.5 Å². The van der Waals surface area contributed by atoms with Crippen LogP contribution in [0, 0.1) is 0 Å². The second-order valence-corrected chi connectivity index (χ2v) is 13.2. The topological polar surface area (TPSA) is 38.7 Å². The van der Waals surface area contributed by atoms with Crippen LogP contribution in [0.5, 0.6) is 0 Å². The third-order valence-corrected chi connectivity index (χ3v) is 10.1. The molecule has 0 saturated carbocycles.